The summed E-state index contributed by atoms with van der Waals surface area (Å²) in [6.45, 7) is 2.01. The number of aryl methyl sites for hydroxylation is 1. The first-order chi connectivity index (χ1) is 8.04. The second-order valence-corrected chi connectivity index (χ2v) is 4.73. The van der Waals surface area contributed by atoms with E-state index in [1.165, 1.54) is 0 Å². The van der Waals surface area contributed by atoms with Gasteiger partial charge in [-0.05, 0) is 42.8 Å². The minimum atomic E-state index is 0.599. The van der Waals surface area contributed by atoms with Crippen molar-refractivity contribution in [2.45, 2.75) is 6.92 Å². The Bertz CT molecular complexity index is 533. The topological polar surface area (TPSA) is 38.0 Å². The van der Waals surface area contributed by atoms with Crippen molar-refractivity contribution in [3.05, 3.63) is 52.0 Å². The number of benzene rings is 2. The van der Waals surface area contributed by atoms with Gasteiger partial charge in [-0.15, -0.1) is 0 Å². The Kier molecular flexibility index (Phi) is 3.46. The van der Waals surface area contributed by atoms with E-state index in [4.69, 9.17) is 28.9 Å². The molecule has 2 aromatic rings. The first kappa shape index (κ1) is 12.1. The molecule has 0 aromatic heterocycles. The molecular formula is C13H12Cl2N2. The summed E-state index contributed by atoms with van der Waals surface area (Å²) in [5.41, 5.74) is 9.36. The van der Waals surface area contributed by atoms with E-state index in [1.54, 1.807) is 6.07 Å². The molecule has 0 atom stereocenters. The van der Waals surface area contributed by atoms with E-state index < -0.39 is 0 Å². The van der Waals surface area contributed by atoms with Crippen LogP contribution in [0.4, 0.5) is 17.1 Å². The summed E-state index contributed by atoms with van der Waals surface area (Å²) in [4.78, 5) is 0. The van der Waals surface area contributed by atoms with Crippen LogP contribution in [0.25, 0.3) is 0 Å². The molecule has 0 bridgehead atoms. The van der Waals surface area contributed by atoms with Gasteiger partial charge < -0.3 is 11.1 Å². The summed E-state index contributed by atoms with van der Waals surface area (Å²) >= 11 is 11.9. The molecule has 0 aliphatic heterocycles. The lowest BCUT2D eigenvalue weighted by Gasteiger charge is -2.11. The first-order valence-corrected chi connectivity index (χ1v) is 5.89. The van der Waals surface area contributed by atoms with Crippen LogP contribution in [0.3, 0.4) is 0 Å². The average molecular weight is 267 g/mol. The van der Waals surface area contributed by atoms with Crippen LogP contribution in [0.1, 0.15) is 5.56 Å². The molecule has 0 spiro atoms. The van der Waals surface area contributed by atoms with Crippen LogP contribution in [0.2, 0.25) is 10.0 Å². The summed E-state index contributed by atoms with van der Waals surface area (Å²) in [6, 6.07) is 11.0. The quantitative estimate of drug-likeness (QED) is 0.778. The summed E-state index contributed by atoms with van der Waals surface area (Å²) in [7, 11) is 0. The minimum Gasteiger partial charge on any atom is -0.399 e. The molecule has 3 N–H and O–H groups in total. The van der Waals surface area contributed by atoms with Crippen molar-refractivity contribution >= 4 is 40.3 Å². The molecular weight excluding hydrogens is 255 g/mol. The molecule has 0 amide bonds. The molecule has 0 radical (unpaired) electrons. The molecule has 2 rings (SSSR count). The van der Waals surface area contributed by atoms with E-state index in [1.807, 2.05) is 37.3 Å². The maximum atomic E-state index is 5.94. The van der Waals surface area contributed by atoms with Gasteiger partial charge in [0.15, 0.2) is 0 Å². The fraction of sp³-hybridized carbons (Fsp3) is 0.0769. The normalized spacial score (nSPS) is 10.3. The van der Waals surface area contributed by atoms with Crippen molar-refractivity contribution in [2.75, 3.05) is 11.1 Å². The Labute approximate surface area is 110 Å². The van der Waals surface area contributed by atoms with E-state index in [9.17, 15) is 0 Å². The third kappa shape index (κ3) is 3.05. The third-order valence-corrected chi connectivity index (χ3v) is 2.84. The average Bonchev–Trinajstić information content (AvgIpc) is 2.22. The first-order valence-electron chi connectivity index (χ1n) is 5.14. The predicted molar refractivity (Wildman–Crippen MR) is 75.3 cm³/mol. The van der Waals surface area contributed by atoms with Gasteiger partial charge >= 0.3 is 0 Å². The number of hydrogen-bond acceptors (Lipinski definition) is 2. The fourth-order valence-corrected chi connectivity index (χ4v) is 2.08. The maximum Gasteiger partial charge on any atom is 0.0441 e. The zero-order valence-electron chi connectivity index (χ0n) is 9.30. The lowest BCUT2D eigenvalue weighted by atomic mass is 10.1. The number of hydrogen-bond donors (Lipinski definition) is 2. The highest BCUT2D eigenvalue weighted by molar-refractivity contribution is 6.35. The van der Waals surface area contributed by atoms with Crippen LogP contribution in [-0.4, -0.2) is 0 Å². The number of nitrogens with two attached hydrogens (primary N) is 1. The van der Waals surface area contributed by atoms with Gasteiger partial charge in [0.25, 0.3) is 0 Å². The van der Waals surface area contributed by atoms with Crippen molar-refractivity contribution in [3.63, 3.8) is 0 Å². The van der Waals surface area contributed by atoms with E-state index >= 15 is 0 Å². The van der Waals surface area contributed by atoms with E-state index in [2.05, 4.69) is 5.32 Å². The Morgan fingerprint density at radius 3 is 2.29 bits per heavy atom. The third-order valence-electron chi connectivity index (χ3n) is 2.40. The SMILES string of the molecule is Cc1ccc(N)cc1Nc1cc(Cl)cc(Cl)c1. The zero-order chi connectivity index (χ0) is 12.4. The van der Waals surface area contributed by atoms with Crippen LogP contribution in [-0.2, 0) is 0 Å². The van der Waals surface area contributed by atoms with Gasteiger partial charge in [0.1, 0.15) is 0 Å². The highest BCUT2D eigenvalue weighted by atomic mass is 35.5. The van der Waals surface area contributed by atoms with Gasteiger partial charge in [-0.2, -0.15) is 0 Å². The highest BCUT2D eigenvalue weighted by Crippen LogP contribution is 2.27. The predicted octanol–water partition coefficient (Wildman–Crippen LogP) is 4.63. The van der Waals surface area contributed by atoms with Gasteiger partial charge in [0.2, 0.25) is 0 Å². The molecule has 0 fully saturated rings. The van der Waals surface area contributed by atoms with Crippen LogP contribution >= 0.6 is 23.2 Å². The van der Waals surface area contributed by atoms with Crippen LogP contribution in [0.5, 0.6) is 0 Å². The van der Waals surface area contributed by atoms with Crippen LogP contribution in [0.15, 0.2) is 36.4 Å². The Balaban J connectivity index is 2.34. The maximum absolute atomic E-state index is 5.94. The van der Waals surface area contributed by atoms with Crippen molar-refractivity contribution < 1.29 is 0 Å². The Hall–Kier alpha value is -1.38. The van der Waals surface area contributed by atoms with Gasteiger partial charge in [-0.3, -0.25) is 0 Å². The monoisotopic (exact) mass is 266 g/mol. The van der Waals surface area contributed by atoms with Crippen LogP contribution < -0.4 is 11.1 Å². The van der Waals surface area contributed by atoms with E-state index in [0.29, 0.717) is 15.7 Å². The lowest BCUT2D eigenvalue weighted by Crippen LogP contribution is -1.95. The Morgan fingerprint density at radius 2 is 1.65 bits per heavy atom. The molecule has 2 nitrogen and oxygen atoms in total. The number of anilines is 3. The smallest absolute Gasteiger partial charge is 0.0441 e. The summed E-state index contributed by atoms with van der Waals surface area (Å²) in [5.74, 6) is 0. The van der Waals surface area contributed by atoms with Gasteiger partial charge in [0, 0.05) is 27.1 Å². The molecule has 17 heavy (non-hydrogen) atoms. The van der Waals surface area contributed by atoms with Gasteiger partial charge in [-0.1, -0.05) is 29.3 Å². The Morgan fingerprint density at radius 1 is 1.00 bits per heavy atom. The van der Waals surface area contributed by atoms with Crippen molar-refractivity contribution in [2.24, 2.45) is 0 Å². The van der Waals surface area contributed by atoms with E-state index in [-0.39, 0.29) is 0 Å². The number of halogens is 2. The highest BCUT2D eigenvalue weighted by Gasteiger charge is 2.02. The molecule has 0 aliphatic rings. The lowest BCUT2D eigenvalue weighted by molar-refractivity contribution is 1.43. The largest absolute Gasteiger partial charge is 0.399 e. The van der Waals surface area contributed by atoms with Gasteiger partial charge in [0.05, 0.1) is 0 Å². The van der Waals surface area contributed by atoms with Crippen molar-refractivity contribution in [1.82, 2.24) is 0 Å². The second kappa shape index (κ2) is 4.86. The zero-order valence-corrected chi connectivity index (χ0v) is 10.8. The second-order valence-electron chi connectivity index (χ2n) is 3.86. The van der Waals surface area contributed by atoms with Crippen molar-refractivity contribution in [1.29, 1.82) is 0 Å². The molecule has 2 aromatic carbocycles. The van der Waals surface area contributed by atoms with E-state index in [0.717, 1.165) is 16.9 Å². The number of nitrogens with one attached hydrogen (secondary N) is 1. The molecule has 88 valence electrons. The minimum absolute atomic E-state index is 0.599. The molecule has 0 aliphatic carbocycles. The molecule has 4 heteroatoms. The summed E-state index contributed by atoms with van der Waals surface area (Å²) in [5, 5.41) is 4.44. The van der Waals surface area contributed by atoms with Crippen LogP contribution in [0, 0.1) is 6.92 Å². The van der Waals surface area contributed by atoms with Gasteiger partial charge in [-0.25, -0.2) is 0 Å². The number of rotatable bonds is 2. The fourth-order valence-electron chi connectivity index (χ4n) is 1.56. The van der Waals surface area contributed by atoms with Crippen molar-refractivity contribution in [3.8, 4) is 0 Å². The number of nitrogen functional groups attached to an aromatic ring is 1. The molecule has 0 saturated heterocycles. The molecule has 0 saturated carbocycles. The summed E-state index contributed by atoms with van der Waals surface area (Å²) in [6.07, 6.45) is 0. The standard InChI is InChI=1S/C13H12Cl2N2/c1-8-2-3-11(16)7-13(8)17-12-5-9(14)4-10(15)6-12/h2-7,17H,16H2,1H3. The molecule has 0 unspecified atom stereocenters. The summed E-state index contributed by atoms with van der Waals surface area (Å²) < 4.78 is 0. The molecule has 0 heterocycles.